The van der Waals surface area contributed by atoms with Gasteiger partial charge in [-0.15, -0.1) is 0 Å². The lowest BCUT2D eigenvalue weighted by molar-refractivity contribution is -0.123. The number of carbonyl (C=O) groups is 2. The van der Waals surface area contributed by atoms with Gasteiger partial charge in [-0.2, -0.15) is 0 Å². The lowest BCUT2D eigenvalue weighted by Gasteiger charge is -2.12. The van der Waals surface area contributed by atoms with Crippen LogP contribution in [0.15, 0.2) is 24.3 Å². The van der Waals surface area contributed by atoms with E-state index in [9.17, 15) is 9.59 Å². The van der Waals surface area contributed by atoms with E-state index in [-0.39, 0.29) is 24.4 Å². The standard InChI is InChI=1S/C15H19NO4/c1-11(17)13-6-2-3-7-14(13)20-10-15(18)16-9-12-5-4-8-19-12/h2-3,6-7,12H,4-5,8-10H2,1H3,(H,16,18). The third-order valence-corrected chi connectivity index (χ3v) is 3.18. The van der Waals surface area contributed by atoms with Gasteiger partial charge in [-0.3, -0.25) is 9.59 Å². The smallest absolute Gasteiger partial charge is 0.258 e. The SMILES string of the molecule is CC(=O)c1ccccc1OCC(=O)NCC1CCCO1. The summed E-state index contributed by atoms with van der Waals surface area (Å²) >= 11 is 0. The molecular weight excluding hydrogens is 258 g/mol. The number of rotatable bonds is 6. The monoisotopic (exact) mass is 277 g/mol. The second-order valence-corrected chi connectivity index (χ2v) is 4.78. The van der Waals surface area contributed by atoms with Gasteiger partial charge in [0.2, 0.25) is 0 Å². The molecule has 5 heteroatoms. The van der Waals surface area contributed by atoms with Crippen molar-refractivity contribution in [3.05, 3.63) is 29.8 Å². The van der Waals surface area contributed by atoms with Gasteiger partial charge in [-0.05, 0) is 31.9 Å². The molecule has 1 N–H and O–H groups in total. The summed E-state index contributed by atoms with van der Waals surface area (Å²) in [4.78, 5) is 23.1. The average Bonchev–Trinajstić information content (AvgIpc) is 2.96. The van der Waals surface area contributed by atoms with Crippen molar-refractivity contribution in [1.82, 2.24) is 5.32 Å². The largest absolute Gasteiger partial charge is 0.483 e. The van der Waals surface area contributed by atoms with Crippen molar-refractivity contribution < 1.29 is 19.1 Å². The van der Waals surface area contributed by atoms with E-state index in [0.717, 1.165) is 19.4 Å². The summed E-state index contributed by atoms with van der Waals surface area (Å²) in [6, 6.07) is 6.90. The van der Waals surface area contributed by atoms with Crippen molar-refractivity contribution in [2.75, 3.05) is 19.8 Å². The highest BCUT2D eigenvalue weighted by atomic mass is 16.5. The summed E-state index contributed by atoms with van der Waals surface area (Å²) in [5, 5.41) is 2.77. The van der Waals surface area contributed by atoms with Gasteiger partial charge in [0, 0.05) is 13.2 Å². The molecular formula is C15H19NO4. The molecule has 1 aliphatic rings. The van der Waals surface area contributed by atoms with Crippen LogP contribution in [0.2, 0.25) is 0 Å². The Kier molecular flexibility index (Phi) is 5.12. The molecule has 1 amide bonds. The molecule has 108 valence electrons. The predicted octanol–water partition coefficient (Wildman–Crippen LogP) is 1.56. The summed E-state index contributed by atoms with van der Waals surface area (Å²) in [7, 11) is 0. The Balaban J connectivity index is 1.79. The first-order valence-corrected chi connectivity index (χ1v) is 6.78. The van der Waals surface area contributed by atoms with E-state index in [4.69, 9.17) is 9.47 Å². The van der Waals surface area contributed by atoms with Crippen LogP contribution in [0.3, 0.4) is 0 Å². The minimum absolute atomic E-state index is 0.0830. The number of amides is 1. The third kappa shape index (κ3) is 4.06. The zero-order chi connectivity index (χ0) is 14.4. The number of carbonyl (C=O) groups excluding carboxylic acids is 2. The molecule has 0 aromatic heterocycles. The first-order chi connectivity index (χ1) is 9.66. The maximum absolute atomic E-state index is 11.7. The van der Waals surface area contributed by atoms with Crippen LogP contribution in [-0.4, -0.2) is 37.6 Å². The van der Waals surface area contributed by atoms with Gasteiger partial charge in [0.05, 0.1) is 11.7 Å². The van der Waals surface area contributed by atoms with E-state index in [0.29, 0.717) is 17.9 Å². The summed E-state index contributed by atoms with van der Waals surface area (Å²) in [6.45, 7) is 2.65. The summed E-state index contributed by atoms with van der Waals surface area (Å²) in [5.74, 6) is 0.145. The minimum Gasteiger partial charge on any atom is -0.483 e. The number of benzene rings is 1. The molecule has 1 fully saturated rings. The van der Waals surface area contributed by atoms with Crippen molar-refractivity contribution >= 4 is 11.7 Å². The Hall–Kier alpha value is -1.88. The van der Waals surface area contributed by atoms with Crippen molar-refractivity contribution in [3.63, 3.8) is 0 Å². The molecule has 1 aromatic rings. The summed E-state index contributed by atoms with van der Waals surface area (Å²) in [5.41, 5.74) is 0.486. The van der Waals surface area contributed by atoms with E-state index in [2.05, 4.69) is 5.32 Å². The van der Waals surface area contributed by atoms with Crippen molar-refractivity contribution in [2.24, 2.45) is 0 Å². The summed E-state index contributed by atoms with van der Waals surface area (Å²) < 4.78 is 10.8. The second kappa shape index (κ2) is 7.05. The zero-order valence-electron chi connectivity index (χ0n) is 11.6. The first kappa shape index (κ1) is 14.5. The Labute approximate surface area is 118 Å². The molecule has 1 atom stereocenters. The van der Waals surface area contributed by atoms with E-state index in [1.54, 1.807) is 24.3 Å². The topological polar surface area (TPSA) is 64.6 Å². The van der Waals surface area contributed by atoms with Gasteiger partial charge in [0.15, 0.2) is 12.4 Å². The van der Waals surface area contributed by atoms with Gasteiger partial charge in [-0.25, -0.2) is 0 Å². The second-order valence-electron chi connectivity index (χ2n) is 4.78. The molecule has 1 aromatic carbocycles. The number of para-hydroxylation sites is 1. The molecule has 0 radical (unpaired) electrons. The molecule has 2 rings (SSSR count). The van der Waals surface area contributed by atoms with Gasteiger partial charge < -0.3 is 14.8 Å². The number of ketones is 1. The van der Waals surface area contributed by atoms with Crippen LogP contribution >= 0.6 is 0 Å². The molecule has 0 aliphatic carbocycles. The fourth-order valence-corrected chi connectivity index (χ4v) is 2.11. The van der Waals surface area contributed by atoms with Gasteiger partial charge in [0.25, 0.3) is 5.91 Å². The number of hydrogen-bond donors (Lipinski definition) is 1. The molecule has 1 saturated heterocycles. The molecule has 1 unspecified atom stereocenters. The molecule has 20 heavy (non-hydrogen) atoms. The molecule has 0 saturated carbocycles. The molecule has 0 bridgehead atoms. The van der Waals surface area contributed by atoms with E-state index in [1.165, 1.54) is 6.92 Å². The van der Waals surface area contributed by atoms with E-state index >= 15 is 0 Å². The Bertz CT molecular complexity index is 481. The number of Topliss-reactive ketones (excluding diaryl/α,β-unsaturated/α-hetero) is 1. The third-order valence-electron chi connectivity index (χ3n) is 3.18. The van der Waals surface area contributed by atoms with Crippen LogP contribution < -0.4 is 10.1 Å². The van der Waals surface area contributed by atoms with Gasteiger partial charge >= 0.3 is 0 Å². The van der Waals surface area contributed by atoms with E-state index in [1.807, 2.05) is 0 Å². The fourth-order valence-electron chi connectivity index (χ4n) is 2.11. The van der Waals surface area contributed by atoms with Gasteiger partial charge in [0.1, 0.15) is 5.75 Å². The highest BCUT2D eigenvalue weighted by molar-refractivity contribution is 5.96. The van der Waals surface area contributed by atoms with Crippen LogP contribution in [0.25, 0.3) is 0 Å². The predicted molar refractivity (Wildman–Crippen MR) is 73.9 cm³/mol. The lowest BCUT2D eigenvalue weighted by atomic mass is 10.1. The van der Waals surface area contributed by atoms with Crippen molar-refractivity contribution in [3.8, 4) is 5.75 Å². The van der Waals surface area contributed by atoms with E-state index < -0.39 is 0 Å². The molecule has 5 nitrogen and oxygen atoms in total. The van der Waals surface area contributed by atoms with Gasteiger partial charge in [-0.1, -0.05) is 12.1 Å². The average molecular weight is 277 g/mol. The van der Waals surface area contributed by atoms with Crippen LogP contribution in [0.4, 0.5) is 0 Å². The minimum atomic E-state index is -0.209. The summed E-state index contributed by atoms with van der Waals surface area (Å²) in [6.07, 6.45) is 2.14. The first-order valence-electron chi connectivity index (χ1n) is 6.78. The quantitative estimate of drug-likeness (QED) is 0.801. The normalized spacial score (nSPS) is 17.8. The van der Waals surface area contributed by atoms with Crippen LogP contribution in [0.1, 0.15) is 30.1 Å². The zero-order valence-corrected chi connectivity index (χ0v) is 11.6. The lowest BCUT2D eigenvalue weighted by Crippen LogP contribution is -2.35. The van der Waals surface area contributed by atoms with Crippen molar-refractivity contribution in [2.45, 2.75) is 25.9 Å². The highest BCUT2D eigenvalue weighted by Gasteiger charge is 2.16. The molecule has 1 heterocycles. The Morgan fingerprint density at radius 3 is 2.90 bits per heavy atom. The number of nitrogens with one attached hydrogen (secondary N) is 1. The Morgan fingerprint density at radius 1 is 1.40 bits per heavy atom. The molecule has 0 spiro atoms. The maximum atomic E-state index is 11.7. The number of ether oxygens (including phenoxy) is 2. The van der Waals surface area contributed by atoms with Crippen LogP contribution in [-0.2, 0) is 9.53 Å². The number of hydrogen-bond acceptors (Lipinski definition) is 4. The van der Waals surface area contributed by atoms with Crippen molar-refractivity contribution in [1.29, 1.82) is 0 Å². The van der Waals surface area contributed by atoms with Crippen LogP contribution in [0.5, 0.6) is 5.75 Å². The maximum Gasteiger partial charge on any atom is 0.258 e. The fraction of sp³-hybridized carbons (Fsp3) is 0.467. The highest BCUT2D eigenvalue weighted by Crippen LogP contribution is 2.18. The molecule has 1 aliphatic heterocycles. The van der Waals surface area contributed by atoms with Crippen LogP contribution in [0, 0.1) is 0 Å². The Morgan fingerprint density at radius 2 is 2.20 bits per heavy atom.